The van der Waals surface area contributed by atoms with Gasteiger partial charge < -0.3 is 9.64 Å². The number of esters is 1. The monoisotopic (exact) mass is 262 g/mol. The normalized spacial score (nSPS) is 15.6. The number of carbonyl (C=O) groups excluding carboxylic acids is 1. The molecule has 0 spiro atoms. The second-order valence-electron chi connectivity index (χ2n) is 3.14. The lowest BCUT2D eigenvalue weighted by molar-refractivity contribution is -0.133. The summed E-state index contributed by atoms with van der Waals surface area (Å²) in [4.78, 5) is 16.9. The van der Waals surface area contributed by atoms with E-state index in [0.29, 0.717) is 6.02 Å². The summed E-state index contributed by atoms with van der Waals surface area (Å²) in [6.45, 7) is 3.91. The van der Waals surface area contributed by atoms with E-state index in [-0.39, 0.29) is 5.97 Å². The van der Waals surface area contributed by atoms with Crippen molar-refractivity contribution in [2.75, 3.05) is 25.0 Å². The van der Waals surface area contributed by atoms with Crippen LogP contribution in [-0.2, 0) is 9.53 Å². The molecule has 1 heterocycles. The van der Waals surface area contributed by atoms with Crippen molar-refractivity contribution in [1.82, 2.24) is 4.90 Å². The summed E-state index contributed by atoms with van der Waals surface area (Å²) in [6.07, 6.45) is 2.22. The smallest absolute Gasteiger partial charge is 0.310 e. The minimum atomic E-state index is -0.295. The molecule has 0 fully saturated rings. The van der Waals surface area contributed by atoms with Crippen LogP contribution in [0.25, 0.3) is 0 Å². The highest BCUT2D eigenvalue weighted by atomic mass is 79.9. The topological polar surface area (TPSA) is 41.9 Å². The van der Waals surface area contributed by atoms with Crippen molar-refractivity contribution in [3.05, 3.63) is 0 Å². The molecule has 1 rings (SSSR count). The third-order valence-electron chi connectivity index (χ3n) is 1.93. The van der Waals surface area contributed by atoms with Crippen molar-refractivity contribution in [3.8, 4) is 0 Å². The van der Waals surface area contributed by atoms with E-state index in [1.54, 1.807) is 0 Å². The van der Waals surface area contributed by atoms with Crippen molar-refractivity contribution in [3.63, 3.8) is 0 Å². The van der Waals surface area contributed by atoms with Crippen LogP contribution in [-0.4, -0.2) is 41.9 Å². The summed E-state index contributed by atoms with van der Waals surface area (Å²) in [5.74, 6) is -0.295. The molecule has 1 aliphatic heterocycles. The van der Waals surface area contributed by atoms with Gasteiger partial charge in [0.2, 0.25) is 0 Å². The highest BCUT2D eigenvalue weighted by Gasteiger charge is 2.18. The van der Waals surface area contributed by atoms with Gasteiger partial charge in [0.05, 0.1) is 6.54 Å². The Morgan fingerprint density at radius 1 is 1.64 bits per heavy atom. The number of alkyl halides is 1. The number of halogens is 1. The number of aliphatic imine (C=N–C) groups is 1. The van der Waals surface area contributed by atoms with Crippen molar-refractivity contribution < 1.29 is 9.53 Å². The first-order valence-corrected chi connectivity index (χ1v) is 5.90. The Morgan fingerprint density at radius 2 is 2.43 bits per heavy atom. The molecule has 0 radical (unpaired) electrons. The Kier molecular flexibility index (Phi) is 4.93. The lowest BCUT2D eigenvalue weighted by Gasteiger charge is -2.18. The van der Waals surface area contributed by atoms with Gasteiger partial charge >= 0.3 is 5.97 Å². The summed E-state index contributed by atoms with van der Waals surface area (Å²) in [5, 5.41) is 1.01. The molecule has 0 N–H and O–H groups in total. The number of ether oxygens (including phenoxy) is 1. The second kappa shape index (κ2) is 6.01. The van der Waals surface area contributed by atoms with Crippen molar-refractivity contribution >= 4 is 27.9 Å². The first-order valence-electron chi connectivity index (χ1n) is 4.78. The van der Waals surface area contributed by atoms with Gasteiger partial charge in [0.25, 0.3) is 6.02 Å². The first kappa shape index (κ1) is 11.5. The van der Waals surface area contributed by atoms with Gasteiger partial charge in [0.1, 0.15) is 0 Å². The van der Waals surface area contributed by atoms with E-state index in [2.05, 4.69) is 20.9 Å². The predicted molar refractivity (Wildman–Crippen MR) is 58.7 cm³/mol. The molecule has 0 bridgehead atoms. The molecule has 14 heavy (non-hydrogen) atoms. The zero-order chi connectivity index (χ0) is 10.4. The summed E-state index contributed by atoms with van der Waals surface area (Å²) >= 11 is 3.38. The van der Waals surface area contributed by atoms with Crippen LogP contribution >= 0.6 is 15.9 Å². The molecule has 0 atom stereocenters. The quantitative estimate of drug-likeness (QED) is 0.437. The third-order valence-corrected chi connectivity index (χ3v) is 2.49. The molecular formula is C9H15BrN2O2. The average molecular weight is 263 g/mol. The predicted octanol–water partition coefficient (Wildman–Crippen LogP) is 1.40. The van der Waals surface area contributed by atoms with Gasteiger partial charge in [-0.1, -0.05) is 15.9 Å². The highest BCUT2D eigenvalue weighted by molar-refractivity contribution is 9.09. The number of rotatable bonds is 4. The Labute approximate surface area is 92.5 Å². The van der Waals surface area contributed by atoms with E-state index in [1.165, 1.54) is 6.92 Å². The van der Waals surface area contributed by atoms with Gasteiger partial charge in [0.15, 0.2) is 0 Å². The summed E-state index contributed by atoms with van der Waals surface area (Å²) < 4.78 is 4.98. The molecule has 0 unspecified atom stereocenters. The molecule has 0 aromatic rings. The molecule has 0 aliphatic carbocycles. The number of carbonyl (C=O) groups is 1. The molecule has 1 aliphatic rings. The SMILES string of the molecule is CC(=O)OC1=NCCN1CCCCBr. The van der Waals surface area contributed by atoms with Gasteiger partial charge in [-0.2, -0.15) is 0 Å². The summed E-state index contributed by atoms with van der Waals surface area (Å²) in [5.41, 5.74) is 0. The van der Waals surface area contributed by atoms with Crippen LogP contribution in [0.4, 0.5) is 0 Å². The van der Waals surface area contributed by atoms with Crippen LogP contribution in [0.5, 0.6) is 0 Å². The van der Waals surface area contributed by atoms with E-state index in [0.717, 1.165) is 37.8 Å². The van der Waals surface area contributed by atoms with Crippen LogP contribution in [0.1, 0.15) is 19.8 Å². The number of nitrogens with zero attached hydrogens (tertiary/aromatic N) is 2. The summed E-state index contributed by atoms with van der Waals surface area (Å²) in [7, 11) is 0. The minimum absolute atomic E-state index is 0.295. The molecule has 0 aromatic heterocycles. The average Bonchev–Trinajstić information content (AvgIpc) is 2.52. The number of hydrogen-bond donors (Lipinski definition) is 0. The summed E-state index contributed by atoms with van der Waals surface area (Å²) in [6, 6.07) is 0.493. The van der Waals surface area contributed by atoms with Gasteiger partial charge in [-0.15, -0.1) is 0 Å². The van der Waals surface area contributed by atoms with Crippen molar-refractivity contribution in [2.24, 2.45) is 4.99 Å². The number of amidine groups is 1. The maximum Gasteiger partial charge on any atom is 0.310 e. The Hall–Kier alpha value is -0.580. The molecule has 0 saturated heterocycles. The van der Waals surface area contributed by atoms with Gasteiger partial charge in [-0.05, 0) is 12.8 Å². The van der Waals surface area contributed by atoms with Gasteiger partial charge in [-0.3, -0.25) is 4.79 Å². The van der Waals surface area contributed by atoms with E-state index < -0.39 is 0 Å². The Balaban J connectivity index is 2.30. The fourth-order valence-corrected chi connectivity index (χ4v) is 1.69. The molecule has 80 valence electrons. The Morgan fingerprint density at radius 3 is 3.07 bits per heavy atom. The van der Waals surface area contributed by atoms with E-state index in [4.69, 9.17) is 4.74 Å². The largest absolute Gasteiger partial charge is 0.393 e. The molecule has 4 nitrogen and oxygen atoms in total. The lowest BCUT2D eigenvalue weighted by Crippen LogP contribution is -2.31. The van der Waals surface area contributed by atoms with E-state index >= 15 is 0 Å². The van der Waals surface area contributed by atoms with Crippen LogP contribution in [0.3, 0.4) is 0 Å². The van der Waals surface area contributed by atoms with Crippen LogP contribution in [0.15, 0.2) is 4.99 Å². The zero-order valence-corrected chi connectivity index (χ0v) is 9.92. The van der Waals surface area contributed by atoms with Crippen LogP contribution in [0, 0.1) is 0 Å². The maximum absolute atomic E-state index is 10.7. The third kappa shape index (κ3) is 3.65. The van der Waals surface area contributed by atoms with Crippen molar-refractivity contribution in [2.45, 2.75) is 19.8 Å². The Bertz CT molecular complexity index is 231. The number of hydrogen-bond acceptors (Lipinski definition) is 4. The fourth-order valence-electron chi connectivity index (χ4n) is 1.29. The van der Waals surface area contributed by atoms with Gasteiger partial charge in [0, 0.05) is 25.3 Å². The standard InChI is InChI=1S/C9H15BrN2O2/c1-8(13)14-9-11-5-7-12(9)6-3-2-4-10/h2-7H2,1H3. The van der Waals surface area contributed by atoms with Crippen LogP contribution < -0.4 is 0 Å². The van der Waals surface area contributed by atoms with E-state index in [1.807, 2.05) is 4.90 Å². The molecule has 5 heteroatoms. The van der Waals surface area contributed by atoms with Crippen LogP contribution in [0.2, 0.25) is 0 Å². The molecule has 0 amide bonds. The molecule has 0 aromatic carbocycles. The van der Waals surface area contributed by atoms with E-state index in [9.17, 15) is 4.79 Å². The minimum Gasteiger partial charge on any atom is -0.393 e. The lowest BCUT2D eigenvalue weighted by atomic mass is 10.3. The van der Waals surface area contributed by atoms with Crippen molar-refractivity contribution in [1.29, 1.82) is 0 Å². The van der Waals surface area contributed by atoms with Gasteiger partial charge in [-0.25, -0.2) is 4.99 Å². The molecule has 0 saturated carbocycles. The molecular weight excluding hydrogens is 248 g/mol. The number of unbranched alkanes of at least 4 members (excludes halogenated alkanes) is 1. The highest BCUT2D eigenvalue weighted by Crippen LogP contribution is 2.06. The maximum atomic E-state index is 10.7. The fraction of sp³-hybridized carbons (Fsp3) is 0.778. The zero-order valence-electron chi connectivity index (χ0n) is 8.33. The second-order valence-corrected chi connectivity index (χ2v) is 3.93. The first-order chi connectivity index (χ1) is 6.74.